The van der Waals surface area contributed by atoms with Crippen LogP contribution in [-0.4, -0.2) is 43.0 Å². The number of hydrazine groups is 1. The molecule has 25 heavy (non-hydrogen) atoms. The van der Waals surface area contributed by atoms with Gasteiger partial charge >= 0.3 is 5.91 Å². The van der Waals surface area contributed by atoms with Crippen molar-refractivity contribution in [1.29, 1.82) is 0 Å². The Labute approximate surface area is 149 Å². The molecule has 0 spiro atoms. The van der Waals surface area contributed by atoms with Crippen molar-refractivity contribution in [2.24, 2.45) is 5.84 Å². The first-order valence-electron chi connectivity index (χ1n) is 8.15. The number of hydrogen-bond acceptors (Lipinski definition) is 7. The van der Waals surface area contributed by atoms with E-state index in [4.69, 9.17) is 20.1 Å². The molecule has 1 amide bonds. The summed E-state index contributed by atoms with van der Waals surface area (Å²) >= 11 is 0. The first kappa shape index (κ1) is 21.3. The Balaban J connectivity index is 3.36. The van der Waals surface area contributed by atoms with Crippen molar-refractivity contribution < 1.29 is 19.0 Å². The van der Waals surface area contributed by atoms with Gasteiger partial charge in [-0.15, -0.1) is 0 Å². The Kier molecular flexibility index (Phi) is 7.28. The van der Waals surface area contributed by atoms with Gasteiger partial charge in [0, 0.05) is 17.9 Å². The van der Waals surface area contributed by atoms with Crippen LogP contribution < -0.4 is 16.0 Å². The van der Waals surface area contributed by atoms with Gasteiger partial charge in [-0.2, -0.15) is 0 Å². The molecule has 0 aliphatic carbocycles. The van der Waals surface area contributed by atoms with Crippen molar-refractivity contribution in [3.8, 4) is 5.75 Å². The third-order valence-corrected chi connectivity index (χ3v) is 3.34. The van der Waals surface area contributed by atoms with Crippen LogP contribution in [0.2, 0.25) is 0 Å². The third kappa shape index (κ3) is 5.91. The number of nitrogens with one attached hydrogen (secondary N) is 1. The van der Waals surface area contributed by atoms with E-state index in [0.29, 0.717) is 30.4 Å². The van der Waals surface area contributed by atoms with E-state index >= 15 is 0 Å². The fourth-order valence-corrected chi connectivity index (χ4v) is 2.07. The maximum atomic E-state index is 12.0. The highest BCUT2D eigenvalue weighted by Gasteiger charge is 2.32. The van der Waals surface area contributed by atoms with Crippen LogP contribution in [0.25, 0.3) is 0 Å². The molecule has 0 aliphatic rings. The molecular weight excluding hydrogens is 324 g/mol. The summed E-state index contributed by atoms with van der Waals surface area (Å²) in [5, 5.41) is 0. The van der Waals surface area contributed by atoms with Crippen LogP contribution in [-0.2, 0) is 20.3 Å². The van der Waals surface area contributed by atoms with E-state index in [0.717, 1.165) is 0 Å². The summed E-state index contributed by atoms with van der Waals surface area (Å²) in [6, 6.07) is 0. The van der Waals surface area contributed by atoms with Crippen molar-refractivity contribution >= 4 is 5.91 Å². The minimum atomic E-state index is -0.543. The summed E-state index contributed by atoms with van der Waals surface area (Å²) < 4.78 is 16.2. The molecule has 0 saturated heterocycles. The van der Waals surface area contributed by atoms with Crippen LogP contribution in [0.4, 0.5) is 0 Å². The topological polar surface area (TPSA) is 109 Å². The number of amides is 1. The number of nitrogen functional groups attached to an aromatic ring is 1. The zero-order chi connectivity index (χ0) is 19.3. The highest BCUT2D eigenvalue weighted by Crippen LogP contribution is 2.37. The Morgan fingerprint density at radius 1 is 1.04 bits per heavy atom. The van der Waals surface area contributed by atoms with E-state index < -0.39 is 5.91 Å². The number of nitrogens with zero attached hydrogens (tertiary/aromatic N) is 2. The van der Waals surface area contributed by atoms with Crippen molar-refractivity contribution in [3.05, 3.63) is 17.2 Å². The molecule has 142 valence electrons. The van der Waals surface area contributed by atoms with Gasteiger partial charge in [0.2, 0.25) is 5.82 Å². The lowest BCUT2D eigenvalue weighted by Gasteiger charge is -2.28. The van der Waals surface area contributed by atoms with Gasteiger partial charge in [0.05, 0.1) is 24.6 Å². The molecular formula is C17H30N4O4. The van der Waals surface area contributed by atoms with E-state index in [9.17, 15) is 4.79 Å². The van der Waals surface area contributed by atoms with Gasteiger partial charge in [-0.05, 0) is 0 Å². The Bertz CT molecular complexity index is 556. The van der Waals surface area contributed by atoms with Crippen LogP contribution in [0.3, 0.4) is 0 Å². The lowest BCUT2D eigenvalue weighted by molar-refractivity contribution is -0.0104. The fourth-order valence-electron chi connectivity index (χ4n) is 2.07. The summed E-state index contributed by atoms with van der Waals surface area (Å²) in [5.74, 6) is 5.25. The first-order chi connectivity index (χ1) is 11.5. The second-order valence-corrected chi connectivity index (χ2v) is 7.71. The van der Waals surface area contributed by atoms with Crippen molar-refractivity contribution in [1.82, 2.24) is 15.4 Å². The molecule has 0 saturated carbocycles. The maximum absolute atomic E-state index is 12.0. The summed E-state index contributed by atoms with van der Waals surface area (Å²) in [5.41, 5.74) is 2.60. The van der Waals surface area contributed by atoms with Crippen LogP contribution in [0.5, 0.6) is 5.75 Å². The minimum Gasteiger partial charge on any atom is -0.464 e. The second kappa shape index (κ2) is 8.55. The van der Waals surface area contributed by atoms with Gasteiger partial charge in [-0.3, -0.25) is 10.2 Å². The van der Waals surface area contributed by atoms with Gasteiger partial charge in [0.25, 0.3) is 0 Å². The van der Waals surface area contributed by atoms with Crippen LogP contribution in [0, 0.1) is 0 Å². The third-order valence-electron chi connectivity index (χ3n) is 3.34. The summed E-state index contributed by atoms with van der Waals surface area (Å²) in [4.78, 5) is 20.8. The molecule has 0 aliphatic heterocycles. The van der Waals surface area contributed by atoms with Crippen molar-refractivity contribution in [3.63, 3.8) is 0 Å². The van der Waals surface area contributed by atoms with Gasteiger partial charge < -0.3 is 14.2 Å². The molecule has 8 nitrogen and oxygen atoms in total. The summed E-state index contributed by atoms with van der Waals surface area (Å²) in [7, 11) is 1.61. The number of aromatic nitrogens is 2. The quantitative estimate of drug-likeness (QED) is 0.252. The monoisotopic (exact) mass is 354 g/mol. The minimum absolute atomic E-state index is 0.0185. The highest BCUT2D eigenvalue weighted by molar-refractivity contribution is 5.90. The van der Waals surface area contributed by atoms with E-state index in [1.807, 2.05) is 41.5 Å². The summed E-state index contributed by atoms with van der Waals surface area (Å²) in [6.45, 7) is 12.9. The second-order valence-electron chi connectivity index (χ2n) is 7.71. The number of rotatable bonds is 7. The lowest BCUT2D eigenvalue weighted by Crippen LogP contribution is -2.34. The number of carbonyl (C=O) groups excluding carboxylic acids is 1. The van der Waals surface area contributed by atoms with Crippen LogP contribution in [0.1, 0.15) is 63.5 Å². The zero-order valence-electron chi connectivity index (χ0n) is 16.2. The zero-order valence-corrected chi connectivity index (χ0v) is 16.2. The molecule has 0 radical (unpaired) electrons. The molecule has 1 aromatic heterocycles. The van der Waals surface area contributed by atoms with Gasteiger partial charge in [0.1, 0.15) is 0 Å². The van der Waals surface area contributed by atoms with Crippen molar-refractivity contribution in [2.45, 2.75) is 52.4 Å². The smallest absolute Gasteiger partial charge is 0.302 e. The number of carbonyl (C=O) groups is 1. The number of ether oxygens (including phenoxy) is 3. The standard InChI is InChI=1S/C17H30N4O4/c1-16(2,3)12-11(25-10-24-9-8-23-7)13(17(4,5)6)20-14(19-12)15(22)21-18/h8-10,18H2,1-7H3,(H,21,22). The van der Waals surface area contributed by atoms with Gasteiger partial charge in [-0.25, -0.2) is 15.8 Å². The van der Waals surface area contributed by atoms with Crippen LogP contribution in [0.15, 0.2) is 0 Å². The Morgan fingerprint density at radius 3 is 1.96 bits per heavy atom. The summed E-state index contributed by atoms with van der Waals surface area (Å²) in [6.07, 6.45) is 0. The average Bonchev–Trinajstić information content (AvgIpc) is 2.51. The predicted molar refractivity (Wildman–Crippen MR) is 94.4 cm³/mol. The molecule has 1 aromatic rings. The number of methoxy groups -OCH3 is 1. The van der Waals surface area contributed by atoms with Gasteiger partial charge in [-0.1, -0.05) is 41.5 Å². The number of nitrogens with two attached hydrogens (primary N) is 1. The SMILES string of the molecule is COCCOCOc1c(C(C)(C)C)nc(C(=O)NN)nc1C(C)(C)C. The maximum Gasteiger partial charge on any atom is 0.302 e. The van der Waals surface area contributed by atoms with E-state index in [-0.39, 0.29) is 23.4 Å². The fraction of sp³-hybridized carbons (Fsp3) is 0.706. The van der Waals surface area contributed by atoms with Crippen LogP contribution >= 0.6 is 0 Å². The molecule has 1 rings (SSSR count). The number of hydrogen-bond donors (Lipinski definition) is 2. The van der Waals surface area contributed by atoms with E-state index in [1.54, 1.807) is 7.11 Å². The molecule has 3 N–H and O–H groups in total. The molecule has 0 atom stereocenters. The largest absolute Gasteiger partial charge is 0.464 e. The highest BCUT2D eigenvalue weighted by atomic mass is 16.7. The normalized spacial score (nSPS) is 12.2. The lowest BCUT2D eigenvalue weighted by atomic mass is 9.85. The van der Waals surface area contributed by atoms with Crippen molar-refractivity contribution in [2.75, 3.05) is 27.1 Å². The van der Waals surface area contributed by atoms with E-state index in [2.05, 4.69) is 15.4 Å². The average molecular weight is 354 g/mol. The Hall–Kier alpha value is -1.77. The molecule has 0 unspecified atom stereocenters. The molecule has 8 heteroatoms. The van der Waals surface area contributed by atoms with Gasteiger partial charge in [0.15, 0.2) is 12.5 Å². The predicted octanol–water partition coefficient (Wildman–Crippen LogP) is 1.67. The van der Waals surface area contributed by atoms with E-state index in [1.165, 1.54) is 0 Å². The molecule has 1 heterocycles. The first-order valence-corrected chi connectivity index (χ1v) is 8.15. The molecule has 0 bridgehead atoms. The molecule has 0 aromatic carbocycles. The Morgan fingerprint density at radius 2 is 1.56 bits per heavy atom. The molecule has 0 fully saturated rings.